The van der Waals surface area contributed by atoms with Crippen molar-refractivity contribution in [2.75, 3.05) is 20.7 Å². The molecule has 0 amide bonds. The molecule has 0 aromatic carbocycles. The van der Waals surface area contributed by atoms with Gasteiger partial charge in [-0.25, -0.2) is 0 Å². The molecule has 0 aromatic rings. The largest absolute Gasteiger partial charge is 0.394 e. The van der Waals surface area contributed by atoms with E-state index in [0.29, 0.717) is 12.1 Å². The molecule has 0 spiro atoms. The Bertz CT molecular complexity index is 169. The van der Waals surface area contributed by atoms with E-state index in [2.05, 4.69) is 45.0 Å². The van der Waals surface area contributed by atoms with E-state index in [1.807, 2.05) is 7.05 Å². The van der Waals surface area contributed by atoms with Gasteiger partial charge in [0.2, 0.25) is 0 Å². The van der Waals surface area contributed by atoms with Crippen LogP contribution in [0.15, 0.2) is 0 Å². The second kappa shape index (κ2) is 6.46. The van der Waals surface area contributed by atoms with Crippen molar-refractivity contribution in [3.05, 3.63) is 0 Å². The summed E-state index contributed by atoms with van der Waals surface area (Å²) >= 11 is 0. The van der Waals surface area contributed by atoms with Gasteiger partial charge in [0, 0.05) is 17.6 Å². The predicted molar refractivity (Wildman–Crippen MR) is 66.1 cm³/mol. The molecule has 3 atom stereocenters. The maximum absolute atomic E-state index is 9.33. The zero-order valence-corrected chi connectivity index (χ0v) is 11.2. The molecule has 0 heterocycles. The molecule has 3 heteroatoms. The molecule has 92 valence electrons. The van der Waals surface area contributed by atoms with Crippen LogP contribution in [0, 0.1) is 0 Å². The highest BCUT2D eigenvalue weighted by molar-refractivity contribution is 4.86. The summed E-state index contributed by atoms with van der Waals surface area (Å²) in [7, 11) is 4.07. The Balaban J connectivity index is 4.27. The van der Waals surface area contributed by atoms with Crippen LogP contribution >= 0.6 is 0 Å². The summed E-state index contributed by atoms with van der Waals surface area (Å²) in [5, 5.41) is 12.5. The van der Waals surface area contributed by atoms with Crippen LogP contribution in [-0.2, 0) is 0 Å². The smallest absolute Gasteiger partial charge is 0.0611 e. The van der Waals surface area contributed by atoms with Crippen LogP contribution in [0.2, 0.25) is 0 Å². The lowest BCUT2D eigenvalue weighted by atomic mass is 9.93. The van der Waals surface area contributed by atoms with Crippen molar-refractivity contribution in [1.82, 2.24) is 10.2 Å². The Hall–Kier alpha value is -0.120. The number of hydrogen-bond donors (Lipinski definition) is 2. The quantitative estimate of drug-likeness (QED) is 0.676. The summed E-state index contributed by atoms with van der Waals surface area (Å²) in [5.74, 6) is 0. The molecule has 0 radical (unpaired) electrons. The van der Waals surface area contributed by atoms with Gasteiger partial charge < -0.3 is 15.3 Å². The lowest BCUT2D eigenvalue weighted by Gasteiger charge is -2.36. The first-order chi connectivity index (χ1) is 6.90. The summed E-state index contributed by atoms with van der Waals surface area (Å²) in [6, 6.07) is 1.07. The minimum Gasteiger partial charge on any atom is -0.394 e. The van der Waals surface area contributed by atoms with Crippen LogP contribution in [-0.4, -0.2) is 48.3 Å². The molecule has 0 bridgehead atoms. The number of nitrogens with zero attached hydrogens (tertiary/aromatic N) is 1. The average molecular weight is 216 g/mol. The fraction of sp³-hybridized carbons (Fsp3) is 1.00. The summed E-state index contributed by atoms with van der Waals surface area (Å²) in [6.45, 7) is 8.91. The van der Waals surface area contributed by atoms with Crippen molar-refractivity contribution >= 4 is 0 Å². The first-order valence-corrected chi connectivity index (χ1v) is 5.92. The molecular formula is C12H28N2O. The van der Waals surface area contributed by atoms with E-state index in [-0.39, 0.29) is 12.1 Å². The van der Waals surface area contributed by atoms with Crippen LogP contribution in [0.3, 0.4) is 0 Å². The second-order valence-electron chi connectivity index (χ2n) is 4.94. The van der Waals surface area contributed by atoms with Gasteiger partial charge in [-0.1, -0.05) is 6.92 Å². The standard InChI is InChI=1S/C12H28N2O/c1-7-10(2)14(6)11(3)8-12(4,9-15)13-5/h10-11,13,15H,7-9H2,1-6H3. The van der Waals surface area contributed by atoms with E-state index in [0.717, 1.165) is 12.8 Å². The number of likely N-dealkylation sites (N-methyl/N-ethyl adjacent to an activating group) is 1. The first-order valence-electron chi connectivity index (χ1n) is 5.92. The summed E-state index contributed by atoms with van der Waals surface area (Å²) in [6.07, 6.45) is 2.12. The number of rotatable bonds is 7. The zero-order chi connectivity index (χ0) is 12.1. The van der Waals surface area contributed by atoms with Crippen molar-refractivity contribution in [1.29, 1.82) is 0 Å². The van der Waals surface area contributed by atoms with Gasteiger partial charge in [-0.3, -0.25) is 0 Å². The van der Waals surface area contributed by atoms with Gasteiger partial charge in [0.15, 0.2) is 0 Å². The van der Waals surface area contributed by atoms with Crippen LogP contribution in [0.1, 0.15) is 40.5 Å². The van der Waals surface area contributed by atoms with E-state index in [9.17, 15) is 5.11 Å². The van der Waals surface area contributed by atoms with Crippen molar-refractivity contribution in [3.8, 4) is 0 Å². The monoisotopic (exact) mass is 216 g/mol. The summed E-state index contributed by atoms with van der Waals surface area (Å²) < 4.78 is 0. The van der Waals surface area contributed by atoms with E-state index in [1.165, 1.54) is 0 Å². The Morgan fingerprint density at radius 1 is 1.33 bits per heavy atom. The molecule has 0 fully saturated rings. The lowest BCUT2D eigenvalue weighted by Crippen LogP contribution is -2.49. The third-order valence-corrected chi connectivity index (χ3v) is 3.68. The van der Waals surface area contributed by atoms with Crippen molar-refractivity contribution < 1.29 is 5.11 Å². The number of hydrogen-bond acceptors (Lipinski definition) is 3. The predicted octanol–water partition coefficient (Wildman–Crippen LogP) is 1.47. The maximum atomic E-state index is 9.33. The molecular weight excluding hydrogens is 188 g/mol. The van der Waals surface area contributed by atoms with Gasteiger partial charge in [-0.15, -0.1) is 0 Å². The molecule has 3 nitrogen and oxygen atoms in total. The lowest BCUT2D eigenvalue weighted by molar-refractivity contribution is 0.113. The highest BCUT2D eigenvalue weighted by Crippen LogP contribution is 2.17. The van der Waals surface area contributed by atoms with E-state index in [4.69, 9.17) is 0 Å². The molecule has 0 saturated heterocycles. The Labute approximate surface area is 94.9 Å². The normalized spacial score (nSPS) is 20.0. The highest BCUT2D eigenvalue weighted by atomic mass is 16.3. The first kappa shape index (κ1) is 14.9. The minimum atomic E-state index is -0.166. The third-order valence-electron chi connectivity index (χ3n) is 3.68. The van der Waals surface area contributed by atoms with E-state index >= 15 is 0 Å². The fourth-order valence-corrected chi connectivity index (χ4v) is 1.76. The van der Waals surface area contributed by atoms with Gasteiger partial charge in [0.25, 0.3) is 0 Å². The average Bonchev–Trinajstić information content (AvgIpc) is 2.26. The van der Waals surface area contributed by atoms with Gasteiger partial charge in [-0.05, 0) is 47.7 Å². The Kier molecular flexibility index (Phi) is 6.41. The number of nitrogens with one attached hydrogen (secondary N) is 1. The molecule has 0 aliphatic carbocycles. The van der Waals surface area contributed by atoms with Gasteiger partial charge >= 0.3 is 0 Å². The Morgan fingerprint density at radius 3 is 2.20 bits per heavy atom. The summed E-state index contributed by atoms with van der Waals surface area (Å²) in [4.78, 5) is 2.38. The molecule has 0 saturated carbocycles. The van der Waals surface area contributed by atoms with Crippen molar-refractivity contribution in [3.63, 3.8) is 0 Å². The van der Waals surface area contributed by atoms with E-state index < -0.39 is 0 Å². The highest BCUT2D eigenvalue weighted by Gasteiger charge is 2.26. The van der Waals surface area contributed by atoms with Crippen molar-refractivity contribution in [2.45, 2.75) is 58.2 Å². The minimum absolute atomic E-state index is 0.166. The third kappa shape index (κ3) is 4.49. The van der Waals surface area contributed by atoms with Crippen molar-refractivity contribution in [2.24, 2.45) is 0 Å². The molecule has 3 unspecified atom stereocenters. The second-order valence-corrected chi connectivity index (χ2v) is 4.94. The fourth-order valence-electron chi connectivity index (χ4n) is 1.76. The Morgan fingerprint density at radius 2 is 1.87 bits per heavy atom. The number of aliphatic hydroxyl groups excluding tert-OH is 1. The van der Waals surface area contributed by atoms with Gasteiger partial charge in [-0.2, -0.15) is 0 Å². The van der Waals surface area contributed by atoms with Crippen LogP contribution in [0.25, 0.3) is 0 Å². The maximum Gasteiger partial charge on any atom is 0.0611 e. The summed E-state index contributed by atoms with van der Waals surface area (Å²) in [5.41, 5.74) is -0.166. The van der Waals surface area contributed by atoms with Crippen LogP contribution in [0.5, 0.6) is 0 Å². The van der Waals surface area contributed by atoms with Gasteiger partial charge in [0.1, 0.15) is 0 Å². The number of aliphatic hydroxyl groups is 1. The van der Waals surface area contributed by atoms with Crippen LogP contribution in [0.4, 0.5) is 0 Å². The molecule has 2 N–H and O–H groups in total. The molecule has 0 rings (SSSR count). The van der Waals surface area contributed by atoms with Gasteiger partial charge in [0.05, 0.1) is 6.61 Å². The molecule has 0 aliphatic heterocycles. The SMILES string of the molecule is CCC(C)N(C)C(C)CC(C)(CO)NC. The molecule has 0 aliphatic rings. The molecule has 0 aromatic heterocycles. The topological polar surface area (TPSA) is 35.5 Å². The van der Waals surface area contributed by atoms with E-state index in [1.54, 1.807) is 0 Å². The molecule has 15 heavy (non-hydrogen) atoms. The zero-order valence-electron chi connectivity index (χ0n) is 11.2. The van der Waals surface area contributed by atoms with Crippen LogP contribution < -0.4 is 5.32 Å².